The fourth-order valence-electron chi connectivity index (χ4n) is 2.98. The maximum Gasteiger partial charge on any atom is 0.234 e. The second-order valence-electron chi connectivity index (χ2n) is 6.95. The lowest BCUT2D eigenvalue weighted by Gasteiger charge is -2.11. The standard InChI is InChI=1S/C23H17Cl2FN4OS/c1-14-2-9-18(10-3-14)30-22(15-4-6-16(24)7-5-15)28-29-23(30)32-13-21(31)27-17-8-11-20(26)19(25)12-17/h2-12H,13H2,1H3,(H,27,31). The van der Waals surface area contributed by atoms with E-state index in [9.17, 15) is 9.18 Å². The second-order valence-corrected chi connectivity index (χ2v) is 8.74. The van der Waals surface area contributed by atoms with Crippen molar-refractivity contribution in [1.82, 2.24) is 14.8 Å². The maximum absolute atomic E-state index is 13.3. The molecule has 32 heavy (non-hydrogen) atoms. The summed E-state index contributed by atoms with van der Waals surface area (Å²) in [5.41, 5.74) is 3.27. The molecule has 1 amide bonds. The molecule has 3 aromatic carbocycles. The molecule has 0 saturated heterocycles. The summed E-state index contributed by atoms with van der Waals surface area (Å²) in [6, 6.07) is 19.3. The van der Waals surface area contributed by atoms with Crippen molar-refractivity contribution >= 4 is 46.6 Å². The van der Waals surface area contributed by atoms with Crippen molar-refractivity contribution in [3.63, 3.8) is 0 Å². The highest BCUT2D eigenvalue weighted by molar-refractivity contribution is 7.99. The SMILES string of the molecule is Cc1ccc(-n2c(SCC(=O)Nc3ccc(F)c(Cl)c3)nnc2-c2ccc(Cl)cc2)cc1. The Morgan fingerprint density at radius 1 is 1.03 bits per heavy atom. The molecule has 1 heterocycles. The largest absolute Gasteiger partial charge is 0.325 e. The van der Waals surface area contributed by atoms with Crippen LogP contribution in [0.4, 0.5) is 10.1 Å². The Morgan fingerprint density at radius 3 is 2.44 bits per heavy atom. The van der Waals surface area contributed by atoms with Crippen LogP contribution in [0.3, 0.4) is 0 Å². The van der Waals surface area contributed by atoms with Gasteiger partial charge in [-0.25, -0.2) is 4.39 Å². The lowest BCUT2D eigenvalue weighted by atomic mass is 10.2. The summed E-state index contributed by atoms with van der Waals surface area (Å²) in [5.74, 6) is -0.0949. The van der Waals surface area contributed by atoms with Gasteiger partial charge in [-0.15, -0.1) is 10.2 Å². The first-order valence-corrected chi connectivity index (χ1v) is 11.3. The van der Waals surface area contributed by atoms with E-state index in [1.165, 1.54) is 30.0 Å². The number of amides is 1. The van der Waals surface area contributed by atoms with Gasteiger partial charge in [-0.1, -0.05) is 52.7 Å². The topological polar surface area (TPSA) is 59.8 Å². The van der Waals surface area contributed by atoms with Crippen molar-refractivity contribution in [3.05, 3.63) is 88.2 Å². The molecule has 0 unspecified atom stereocenters. The van der Waals surface area contributed by atoms with Crippen LogP contribution in [0.1, 0.15) is 5.56 Å². The molecule has 0 aliphatic heterocycles. The molecule has 0 radical (unpaired) electrons. The number of nitrogens with zero attached hydrogens (tertiary/aromatic N) is 3. The summed E-state index contributed by atoms with van der Waals surface area (Å²) in [6.45, 7) is 2.01. The minimum Gasteiger partial charge on any atom is -0.325 e. The van der Waals surface area contributed by atoms with Gasteiger partial charge >= 0.3 is 0 Å². The number of nitrogens with one attached hydrogen (secondary N) is 1. The quantitative estimate of drug-likeness (QED) is 0.319. The lowest BCUT2D eigenvalue weighted by Crippen LogP contribution is -2.14. The van der Waals surface area contributed by atoms with Gasteiger partial charge in [0, 0.05) is 22.0 Å². The van der Waals surface area contributed by atoms with Crippen LogP contribution in [0.5, 0.6) is 0 Å². The highest BCUT2D eigenvalue weighted by Crippen LogP contribution is 2.29. The third-order valence-corrected chi connectivity index (χ3v) is 6.03. The molecule has 1 aromatic heterocycles. The number of hydrogen-bond acceptors (Lipinski definition) is 4. The van der Waals surface area contributed by atoms with Crippen molar-refractivity contribution in [3.8, 4) is 17.1 Å². The fourth-order valence-corrected chi connectivity index (χ4v) is 4.04. The summed E-state index contributed by atoms with van der Waals surface area (Å²) in [7, 11) is 0. The fraction of sp³-hybridized carbons (Fsp3) is 0.0870. The number of carbonyl (C=O) groups is 1. The van der Waals surface area contributed by atoms with Crippen LogP contribution in [-0.4, -0.2) is 26.4 Å². The predicted octanol–water partition coefficient (Wildman–Crippen LogP) is 6.42. The zero-order chi connectivity index (χ0) is 22.7. The average molecular weight is 487 g/mol. The third-order valence-electron chi connectivity index (χ3n) is 4.56. The van der Waals surface area contributed by atoms with Gasteiger partial charge < -0.3 is 5.32 Å². The van der Waals surface area contributed by atoms with Crippen molar-refractivity contribution in [1.29, 1.82) is 0 Å². The molecular weight excluding hydrogens is 470 g/mol. The van der Waals surface area contributed by atoms with Crippen LogP contribution in [0.2, 0.25) is 10.0 Å². The van der Waals surface area contributed by atoms with Gasteiger partial charge in [0.2, 0.25) is 5.91 Å². The molecule has 5 nitrogen and oxygen atoms in total. The minimum atomic E-state index is -0.542. The van der Waals surface area contributed by atoms with E-state index in [-0.39, 0.29) is 16.7 Å². The lowest BCUT2D eigenvalue weighted by molar-refractivity contribution is -0.113. The Kier molecular flexibility index (Phi) is 6.79. The number of anilines is 1. The van der Waals surface area contributed by atoms with E-state index in [1.807, 2.05) is 47.9 Å². The van der Waals surface area contributed by atoms with Crippen LogP contribution < -0.4 is 5.32 Å². The first-order valence-electron chi connectivity index (χ1n) is 9.57. The van der Waals surface area contributed by atoms with Crippen LogP contribution in [0.25, 0.3) is 17.1 Å². The Morgan fingerprint density at radius 2 is 1.75 bits per heavy atom. The summed E-state index contributed by atoms with van der Waals surface area (Å²) < 4.78 is 15.2. The Bertz CT molecular complexity index is 1260. The Hall–Kier alpha value is -2.87. The highest BCUT2D eigenvalue weighted by atomic mass is 35.5. The zero-order valence-corrected chi connectivity index (χ0v) is 19.2. The van der Waals surface area contributed by atoms with Crippen LogP contribution in [-0.2, 0) is 4.79 Å². The molecule has 162 valence electrons. The van der Waals surface area contributed by atoms with E-state index in [4.69, 9.17) is 23.2 Å². The minimum absolute atomic E-state index is 0.0535. The van der Waals surface area contributed by atoms with Crippen molar-refractivity contribution in [2.24, 2.45) is 0 Å². The van der Waals surface area contributed by atoms with Gasteiger partial charge in [0.05, 0.1) is 10.8 Å². The van der Waals surface area contributed by atoms with Gasteiger partial charge in [0.1, 0.15) is 5.82 Å². The molecule has 4 rings (SSSR count). The van der Waals surface area contributed by atoms with E-state index < -0.39 is 5.82 Å². The number of hydrogen-bond donors (Lipinski definition) is 1. The van der Waals surface area contributed by atoms with Crippen LogP contribution in [0.15, 0.2) is 71.9 Å². The molecule has 0 atom stereocenters. The molecular formula is C23H17Cl2FN4OS. The molecule has 1 N–H and O–H groups in total. The number of halogens is 3. The van der Waals surface area contributed by atoms with Gasteiger partial charge in [-0.05, 0) is 61.5 Å². The summed E-state index contributed by atoms with van der Waals surface area (Å²) in [6.07, 6.45) is 0. The van der Waals surface area contributed by atoms with E-state index in [2.05, 4.69) is 15.5 Å². The van der Waals surface area contributed by atoms with Crippen molar-refractivity contribution < 1.29 is 9.18 Å². The maximum atomic E-state index is 13.3. The molecule has 0 saturated carbocycles. The smallest absolute Gasteiger partial charge is 0.234 e. The molecule has 9 heteroatoms. The number of aromatic nitrogens is 3. The first kappa shape index (κ1) is 22.3. The number of thioether (sulfide) groups is 1. The monoisotopic (exact) mass is 486 g/mol. The van der Waals surface area contributed by atoms with Crippen molar-refractivity contribution in [2.45, 2.75) is 12.1 Å². The summed E-state index contributed by atoms with van der Waals surface area (Å²) in [4.78, 5) is 12.4. The van der Waals surface area contributed by atoms with Crippen LogP contribution >= 0.6 is 35.0 Å². The number of benzene rings is 3. The van der Waals surface area contributed by atoms with Gasteiger partial charge in [-0.3, -0.25) is 9.36 Å². The Labute approximate surface area is 198 Å². The normalized spacial score (nSPS) is 10.9. The summed E-state index contributed by atoms with van der Waals surface area (Å²) in [5, 5.41) is 12.5. The van der Waals surface area contributed by atoms with Crippen LogP contribution in [0, 0.1) is 12.7 Å². The van der Waals surface area contributed by atoms with Gasteiger partial charge in [-0.2, -0.15) is 0 Å². The molecule has 0 aliphatic carbocycles. The van der Waals surface area contributed by atoms with Gasteiger partial charge in [0.25, 0.3) is 0 Å². The number of rotatable bonds is 6. The summed E-state index contributed by atoms with van der Waals surface area (Å²) >= 11 is 13.1. The molecule has 4 aromatic rings. The molecule has 0 spiro atoms. The third kappa shape index (κ3) is 5.12. The van der Waals surface area contributed by atoms with E-state index in [1.54, 1.807) is 12.1 Å². The first-order chi connectivity index (χ1) is 15.4. The average Bonchev–Trinajstić information content (AvgIpc) is 3.20. The zero-order valence-electron chi connectivity index (χ0n) is 16.8. The highest BCUT2D eigenvalue weighted by Gasteiger charge is 2.17. The molecule has 0 aliphatic rings. The number of aryl methyl sites for hydroxylation is 1. The Balaban J connectivity index is 1.59. The van der Waals surface area contributed by atoms with E-state index in [0.29, 0.717) is 21.7 Å². The predicted molar refractivity (Wildman–Crippen MR) is 127 cm³/mol. The number of carbonyl (C=O) groups excluding carboxylic acids is 1. The van der Waals surface area contributed by atoms with Gasteiger partial charge in [0.15, 0.2) is 11.0 Å². The van der Waals surface area contributed by atoms with E-state index in [0.717, 1.165) is 16.8 Å². The van der Waals surface area contributed by atoms with Crippen molar-refractivity contribution in [2.75, 3.05) is 11.1 Å². The second kappa shape index (κ2) is 9.73. The molecule has 0 bridgehead atoms. The molecule has 0 fully saturated rings. The van der Waals surface area contributed by atoms with E-state index >= 15 is 0 Å².